The van der Waals surface area contributed by atoms with Gasteiger partial charge in [-0.2, -0.15) is 13.2 Å². The highest BCUT2D eigenvalue weighted by Crippen LogP contribution is 2.38. The second-order valence-corrected chi connectivity index (χ2v) is 7.09. The van der Waals surface area contributed by atoms with Gasteiger partial charge in [0, 0.05) is 17.0 Å². The van der Waals surface area contributed by atoms with Gasteiger partial charge in [-0.15, -0.1) is 0 Å². The summed E-state index contributed by atoms with van der Waals surface area (Å²) in [6, 6.07) is 16.2. The lowest BCUT2D eigenvalue weighted by Gasteiger charge is -2.14. The molecule has 0 unspecified atom stereocenters. The van der Waals surface area contributed by atoms with Crippen molar-refractivity contribution in [3.8, 4) is 11.3 Å². The van der Waals surface area contributed by atoms with Crippen molar-refractivity contribution in [2.45, 2.75) is 23.9 Å². The number of nitrogens with zero attached hydrogens (tertiary/aromatic N) is 2. The molecular formula is C20H19F3N4S. The molecule has 0 saturated heterocycles. The van der Waals surface area contributed by atoms with E-state index in [9.17, 15) is 13.2 Å². The third kappa shape index (κ3) is 5.71. The van der Waals surface area contributed by atoms with Gasteiger partial charge < -0.3 is 5.32 Å². The van der Waals surface area contributed by atoms with Crippen LogP contribution in [-0.4, -0.2) is 22.1 Å². The van der Waals surface area contributed by atoms with Crippen LogP contribution in [0.2, 0.25) is 0 Å². The Bertz CT molecular complexity index is 917. The van der Waals surface area contributed by atoms with Crippen LogP contribution >= 0.6 is 11.8 Å². The van der Waals surface area contributed by atoms with Crippen LogP contribution in [0.25, 0.3) is 11.3 Å². The van der Waals surface area contributed by atoms with E-state index in [2.05, 4.69) is 20.6 Å². The Morgan fingerprint density at radius 2 is 1.71 bits per heavy atom. The number of anilines is 1. The van der Waals surface area contributed by atoms with Gasteiger partial charge in [-0.25, -0.2) is 9.97 Å². The van der Waals surface area contributed by atoms with Crippen LogP contribution in [0, 0.1) is 6.92 Å². The Kier molecular flexibility index (Phi) is 6.53. The molecule has 0 amide bonds. The second-order valence-electron chi connectivity index (χ2n) is 5.98. The number of aromatic nitrogens is 2. The van der Waals surface area contributed by atoms with Crippen LogP contribution in [0.1, 0.15) is 11.4 Å². The topological polar surface area (TPSA) is 49.8 Å². The highest BCUT2D eigenvalue weighted by molar-refractivity contribution is 8.00. The van der Waals surface area contributed by atoms with Gasteiger partial charge >= 0.3 is 5.51 Å². The lowest BCUT2D eigenvalue weighted by atomic mass is 10.1. The highest BCUT2D eigenvalue weighted by Gasteiger charge is 2.30. The molecule has 0 radical (unpaired) electrons. The zero-order valence-electron chi connectivity index (χ0n) is 15.1. The summed E-state index contributed by atoms with van der Waals surface area (Å²) in [7, 11) is 0. The Labute approximate surface area is 165 Å². The maximum atomic E-state index is 12.7. The van der Waals surface area contributed by atoms with E-state index in [1.165, 1.54) is 6.07 Å². The molecule has 0 aliphatic carbocycles. The number of thioether (sulfide) groups is 1. The molecule has 2 aromatic carbocycles. The zero-order chi connectivity index (χ0) is 20.0. The predicted molar refractivity (Wildman–Crippen MR) is 106 cm³/mol. The van der Waals surface area contributed by atoms with Crippen LogP contribution in [-0.2, 0) is 6.54 Å². The maximum Gasteiger partial charge on any atom is 0.446 e. The molecule has 3 rings (SSSR count). The molecular weight excluding hydrogens is 385 g/mol. The van der Waals surface area contributed by atoms with E-state index in [4.69, 9.17) is 0 Å². The highest BCUT2D eigenvalue weighted by atomic mass is 32.2. The largest absolute Gasteiger partial charge is 0.446 e. The van der Waals surface area contributed by atoms with Crippen molar-refractivity contribution >= 4 is 17.4 Å². The molecule has 1 heterocycles. The first-order valence-corrected chi connectivity index (χ1v) is 9.41. The molecule has 0 atom stereocenters. The lowest BCUT2D eigenvalue weighted by molar-refractivity contribution is -0.0328. The van der Waals surface area contributed by atoms with Gasteiger partial charge in [0.15, 0.2) is 0 Å². The van der Waals surface area contributed by atoms with Crippen molar-refractivity contribution in [1.82, 2.24) is 15.3 Å². The molecule has 4 nitrogen and oxygen atoms in total. The van der Waals surface area contributed by atoms with Gasteiger partial charge in [-0.05, 0) is 30.3 Å². The van der Waals surface area contributed by atoms with Crippen LogP contribution in [0.3, 0.4) is 0 Å². The fourth-order valence-electron chi connectivity index (χ4n) is 2.64. The molecule has 28 heavy (non-hydrogen) atoms. The quantitative estimate of drug-likeness (QED) is 0.321. The fraction of sp³-hybridized carbons (Fsp3) is 0.200. The minimum Gasteiger partial charge on any atom is -0.369 e. The smallest absolute Gasteiger partial charge is 0.369 e. The number of alkyl halides is 3. The first kappa shape index (κ1) is 20.2. The third-order valence-corrected chi connectivity index (χ3v) is 4.72. The fourth-order valence-corrected chi connectivity index (χ4v) is 3.31. The minimum atomic E-state index is -4.31. The molecule has 2 N–H and O–H groups in total. The molecule has 3 aromatic rings. The molecule has 146 valence electrons. The van der Waals surface area contributed by atoms with Gasteiger partial charge in [0.25, 0.3) is 0 Å². The molecule has 0 saturated carbocycles. The maximum absolute atomic E-state index is 12.7. The summed E-state index contributed by atoms with van der Waals surface area (Å²) >= 11 is -0.0973. The van der Waals surface area contributed by atoms with Crippen molar-refractivity contribution in [3.63, 3.8) is 0 Å². The van der Waals surface area contributed by atoms with E-state index < -0.39 is 5.51 Å². The van der Waals surface area contributed by atoms with Crippen molar-refractivity contribution in [2.75, 3.05) is 12.0 Å². The third-order valence-electron chi connectivity index (χ3n) is 3.87. The molecule has 0 aliphatic heterocycles. The normalized spacial score (nSPS) is 11.4. The van der Waals surface area contributed by atoms with Crippen molar-refractivity contribution < 1.29 is 13.2 Å². The summed E-state index contributed by atoms with van der Waals surface area (Å²) < 4.78 is 38.1. The molecule has 0 bridgehead atoms. The molecule has 0 spiro atoms. The van der Waals surface area contributed by atoms with Gasteiger partial charge in [-0.3, -0.25) is 5.32 Å². The molecule has 8 heteroatoms. The number of rotatable bonds is 7. The second kappa shape index (κ2) is 9.07. The summed E-state index contributed by atoms with van der Waals surface area (Å²) in [5, 5.41) is 6.33. The molecule has 0 aliphatic rings. The Hall–Kier alpha value is -2.58. The molecule has 1 aromatic heterocycles. The van der Waals surface area contributed by atoms with E-state index in [1.54, 1.807) is 24.4 Å². The number of hydrogen-bond acceptors (Lipinski definition) is 5. The standard InChI is InChI=1S/C20H19F3N4S/c1-14-25-12-17(19(27-14)15-7-3-2-4-8-15)26-13-24-11-16-9-5-6-10-18(16)28-20(21,22)23/h2-10,12,24,26H,11,13H2,1H3. The monoisotopic (exact) mass is 404 g/mol. The van der Waals surface area contributed by atoms with E-state index in [0.717, 1.165) is 16.9 Å². The number of halogens is 3. The predicted octanol–water partition coefficient (Wildman–Crippen LogP) is 5.22. The van der Waals surface area contributed by atoms with E-state index in [1.807, 2.05) is 37.3 Å². The number of benzene rings is 2. The lowest BCUT2D eigenvalue weighted by Crippen LogP contribution is -2.22. The Morgan fingerprint density at radius 1 is 1.00 bits per heavy atom. The first-order chi connectivity index (χ1) is 13.4. The van der Waals surface area contributed by atoms with Gasteiger partial charge in [0.2, 0.25) is 0 Å². The van der Waals surface area contributed by atoms with E-state index >= 15 is 0 Å². The van der Waals surface area contributed by atoms with Crippen molar-refractivity contribution in [2.24, 2.45) is 0 Å². The summed E-state index contributed by atoms with van der Waals surface area (Å²) in [6.45, 7) is 2.49. The zero-order valence-corrected chi connectivity index (χ0v) is 15.9. The summed E-state index contributed by atoms with van der Waals surface area (Å²) in [5.74, 6) is 0.662. The van der Waals surface area contributed by atoms with Crippen LogP contribution in [0.4, 0.5) is 18.9 Å². The van der Waals surface area contributed by atoms with Crippen molar-refractivity contribution in [3.05, 3.63) is 72.2 Å². The number of nitrogens with one attached hydrogen (secondary N) is 2. The van der Waals surface area contributed by atoms with E-state index in [0.29, 0.717) is 24.6 Å². The van der Waals surface area contributed by atoms with Crippen LogP contribution in [0.15, 0.2) is 65.7 Å². The van der Waals surface area contributed by atoms with Crippen molar-refractivity contribution in [1.29, 1.82) is 0 Å². The average Bonchev–Trinajstić information content (AvgIpc) is 2.67. The average molecular weight is 404 g/mol. The summed E-state index contributed by atoms with van der Waals surface area (Å²) in [4.78, 5) is 8.93. The Balaban J connectivity index is 1.64. The minimum absolute atomic E-state index is 0.0973. The summed E-state index contributed by atoms with van der Waals surface area (Å²) in [5.41, 5.74) is -1.22. The van der Waals surface area contributed by atoms with Gasteiger partial charge in [-0.1, -0.05) is 48.5 Å². The van der Waals surface area contributed by atoms with Gasteiger partial charge in [0.05, 0.1) is 24.2 Å². The van der Waals surface area contributed by atoms with Crippen LogP contribution < -0.4 is 10.6 Å². The first-order valence-electron chi connectivity index (χ1n) is 8.60. The van der Waals surface area contributed by atoms with E-state index in [-0.39, 0.29) is 16.7 Å². The summed E-state index contributed by atoms with van der Waals surface area (Å²) in [6.07, 6.45) is 1.71. The number of hydrogen-bond donors (Lipinski definition) is 2. The molecule has 0 fully saturated rings. The SMILES string of the molecule is Cc1ncc(NCNCc2ccccc2SC(F)(F)F)c(-c2ccccc2)n1. The number of aryl methyl sites for hydroxylation is 1. The van der Waals surface area contributed by atoms with Gasteiger partial charge in [0.1, 0.15) is 5.82 Å². The Morgan fingerprint density at radius 3 is 2.46 bits per heavy atom. The van der Waals surface area contributed by atoms with Crippen LogP contribution in [0.5, 0.6) is 0 Å².